The predicted octanol–water partition coefficient (Wildman–Crippen LogP) is 6.31. The van der Waals surface area contributed by atoms with Crippen LogP contribution in [0.25, 0.3) is 11.1 Å². The number of benzene rings is 3. The van der Waals surface area contributed by atoms with Crippen molar-refractivity contribution in [1.82, 2.24) is 0 Å². The maximum atomic E-state index is 13.6. The lowest BCUT2D eigenvalue weighted by Crippen LogP contribution is -1.98. The molecular formula is C21H15ClF2O2S. The molecule has 3 aromatic rings. The predicted molar refractivity (Wildman–Crippen MR) is 105 cm³/mol. The van der Waals surface area contributed by atoms with Gasteiger partial charge in [0.1, 0.15) is 12.4 Å². The van der Waals surface area contributed by atoms with Crippen molar-refractivity contribution in [3.63, 3.8) is 0 Å². The second kappa shape index (κ2) is 8.55. The van der Waals surface area contributed by atoms with Crippen LogP contribution in [0.15, 0.2) is 65.6 Å². The Labute approximate surface area is 165 Å². The highest BCUT2D eigenvalue weighted by Crippen LogP contribution is 2.33. The summed E-state index contributed by atoms with van der Waals surface area (Å²) in [4.78, 5) is 11.9. The number of rotatable bonds is 6. The van der Waals surface area contributed by atoms with E-state index in [1.54, 1.807) is 42.5 Å². The molecule has 3 aromatic carbocycles. The van der Waals surface area contributed by atoms with Gasteiger partial charge in [0.25, 0.3) is 5.24 Å². The first-order valence-corrected chi connectivity index (χ1v) is 9.63. The molecule has 0 saturated heterocycles. The number of carbonyl (C=O) groups is 1. The monoisotopic (exact) mass is 404 g/mol. The SMILES string of the molecule is CSc1cc(F)c(F)cc1-c1ccc(OCc2cccc(C(=O)Cl)c2)cc1. The maximum absolute atomic E-state index is 13.6. The minimum Gasteiger partial charge on any atom is -0.489 e. The summed E-state index contributed by atoms with van der Waals surface area (Å²) >= 11 is 6.83. The number of thioether (sulfide) groups is 1. The molecule has 0 aliphatic heterocycles. The molecule has 0 saturated carbocycles. The first-order valence-electron chi connectivity index (χ1n) is 8.03. The molecular weight excluding hydrogens is 390 g/mol. The highest BCUT2D eigenvalue weighted by atomic mass is 35.5. The summed E-state index contributed by atoms with van der Waals surface area (Å²) in [6.07, 6.45) is 1.81. The minimum absolute atomic E-state index is 0.276. The van der Waals surface area contributed by atoms with E-state index in [2.05, 4.69) is 0 Å². The molecule has 0 radical (unpaired) electrons. The molecule has 0 N–H and O–H groups in total. The van der Waals surface area contributed by atoms with E-state index >= 15 is 0 Å². The molecule has 0 amide bonds. The Hall–Kier alpha value is -2.37. The molecule has 0 aromatic heterocycles. The fourth-order valence-corrected chi connectivity index (χ4v) is 3.34. The van der Waals surface area contributed by atoms with Gasteiger partial charge in [-0.25, -0.2) is 8.78 Å². The van der Waals surface area contributed by atoms with E-state index in [-0.39, 0.29) is 6.61 Å². The number of ether oxygens (including phenoxy) is 1. The Morgan fingerprint density at radius 3 is 2.41 bits per heavy atom. The fourth-order valence-electron chi connectivity index (χ4n) is 2.60. The quantitative estimate of drug-likeness (QED) is 0.355. The summed E-state index contributed by atoms with van der Waals surface area (Å²) in [6.45, 7) is 0.276. The summed E-state index contributed by atoms with van der Waals surface area (Å²) in [5.74, 6) is -1.12. The van der Waals surface area contributed by atoms with Crippen LogP contribution >= 0.6 is 23.4 Å². The van der Waals surface area contributed by atoms with E-state index in [0.717, 1.165) is 11.1 Å². The largest absolute Gasteiger partial charge is 0.489 e. The molecule has 0 aliphatic carbocycles. The van der Waals surface area contributed by atoms with Gasteiger partial charge in [-0.15, -0.1) is 11.8 Å². The van der Waals surface area contributed by atoms with E-state index in [4.69, 9.17) is 16.3 Å². The van der Waals surface area contributed by atoms with Crippen molar-refractivity contribution in [1.29, 1.82) is 0 Å². The molecule has 3 rings (SSSR count). The molecule has 6 heteroatoms. The standard InChI is InChI=1S/C21H15ClF2O2S/c1-27-20-11-19(24)18(23)10-17(20)14-5-7-16(8-6-14)26-12-13-3-2-4-15(9-13)21(22)25/h2-11H,12H2,1H3. The first kappa shape index (κ1) is 19.4. The molecule has 0 spiro atoms. The van der Waals surface area contributed by atoms with Gasteiger partial charge in [0.2, 0.25) is 0 Å². The molecule has 138 valence electrons. The van der Waals surface area contributed by atoms with Crippen molar-refractivity contribution in [2.45, 2.75) is 11.5 Å². The Morgan fingerprint density at radius 2 is 1.74 bits per heavy atom. The normalized spacial score (nSPS) is 10.7. The molecule has 0 aliphatic rings. The minimum atomic E-state index is -0.878. The Bertz CT molecular complexity index is 974. The zero-order valence-electron chi connectivity index (χ0n) is 14.3. The fraction of sp³-hybridized carbons (Fsp3) is 0.0952. The van der Waals surface area contributed by atoms with E-state index in [9.17, 15) is 13.6 Å². The third kappa shape index (κ3) is 4.67. The van der Waals surface area contributed by atoms with Crippen LogP contribution in [0.2, 0.25) is 0 Å². The molecule has 2 nitrogen and oxygen atoms in total. The highest BCUT2D eigenvalue weighted by Gasteiger charge is 2.11. The second-order valence-electron chi connectivity index (χ2n) is 5.75. The van der Waals surface area contributed by atoms with Gasteiger partial charge in [-0.1, -0.05) is 30.3 Å². The summed E-state index contributed by atoms with van der Waals surface area (Å²) in [7, 11) is 0. The second-order valence-corrected chi connectivity index (χ2v) is 6.95. The van der Waals surface area contributed by atoms with Gasteiger partial charge in [-0.2, -0.15) is 0 Å². The van der Waals surface area contributed by atoms with Crippen LogP contribution in [0.5, 0.6) is 5.75 Å². The number of halogens is 3. The van der Waals surface area contributed by atoms with Crippen LogP contribution in [0, 0.1) is 11.6 Å². The van der Waals surface area contributed by atoms with Crippen LogP contribution < -0.4 is 4.74 Å². The van der Waals surface area contributed by atoms with Crippen molar-refractivity contribution < 1.29 is 18.3 Å². The molecule has 27 heavy (non-hydrogen) atoms. The number of hydrogen-bond donors (Lipinski definition) is 0. The van der Waals surface area contributed by atoms with Crippen LogP contribution in [-0.4, -0.2) is 11.5 Å². The summed E-state index contributed by atoms with van der Waals surface area (Å²) in [6, 6.07) is 16.4. The number of hydrogen-bond acceptors (Lipinski definition) is 3. The lowest BCUT2D eigenvalue weighted by Gasteiger charge is -2.11. The topological polar surface area (TPSA) is 26.3 Å². The van der Waals surface area contributed by atoms with Gasteiger partial charge < -0.3 is 4.74 Å². The van der Waals surface area contributed by atoms with Crippen LogP contribution in [0.3, 0.4) is 0 Å². The maximum Gasteiger partial charge on any atom is 0.252 e. The zero-order valence-corrected chi connectivity index (χ0v) is 15.9. The Balaban J connectivity index is 1.75. The van der Waals surface area contributed by atoms with Gasteiger partial charge in [0.05, 0.1) is 0 Å². The molecule has 0 heterocycles. The lowest BCUT2D eigenvalue weighted by molar-refractivity contribution is 0.108. The summed E-state index contributed by atoms with van der Waals surface area (Å²) in [5, 5.41) is -0.516. The third-order valence-electron chi connectivity index (χ3n) is 3.97. The zero-order chi connectivity index (χ0) is 19.4. The van der Waals surface area contributed by atoms with Crippen molar-refractivity contribution in [3.8, 4) is 16.9 Å². The van der Waals surface area contributed by atoms with Crippen molar-refractivity contribution in [2.24, 2.45) is 0 Å². The summed E-state index contributed by atoms with van der Waals surface area (Å²) in [5.41, 5.74) is 2.62. The van der Waals surface area contributed by atoms with Crippen molar-refractivity contribution >= 4 is 28.6 Å². The van der Waals surface area contributed by atoms with E-state index < -0.39 is 16.9 Å². The third-order valence-corrected chi connectivity index (χ3v) is 4.96. The van der Waals surface area contributed by atoms with Crippen LogP contribution in [0.1, 0.15) is 15.9 Å². The molecule has 0 fully saturated rings. The van der Waals surface area contributed by atoms with Crippen molar-refractivity contribution in [3.05, 3.63) is 83.4 Å². The lowest BCUT2D eigenvalue weighted by atomic mass is 10.1. The van der Waals surface area contributed by atoms with Gasteiger partial charge in [-0.3, -0.25) is 4.79 Å². The molecule has 0 atom stereocenters. The van der Waals surface area contributed by atoms with E-state index in [1.807, 2.05) is 12.3 Å². The average molecular weight is 405 g/mol. The van der Waals surface area contributed by atoms with E-state index in [1.165, 1.54) is 23.9 Å². The summed E-state index contributed by atoms with van der Waals surface area (Å²) < 4.78 is 32.8. The van der Waals surface area contributed by atoms with Gasteiger partial charge in [0.15, 0.2) is 11.6 Å². The van der Waals surface area contributed by atoms with E-state index in [0.29, 0.717) is 21.8 Å². The van der Waals surface area contributed by atoms with Gasteiger partial charge in [0, 0.05) is 10.5 Å². The molecule has 0 unspecified atom stereocenters. The Morgan fingerprint density at radius 1 is 1.04 bits per heavy atom. The molecule has 0 bridgehead atoms. The smallest absolute Gasteiger partial charge is 0.252 e. The van der Waals surface area contributed by atoms with Crippen LogP contribution in [-0.2, 0) is 6.61 Å². The van der Waals surface area contributed by atoms with Crippen molar-refractivity contribution in [2.75, 3.05) is 6.26 Å². The highest BCUT2D eigenvalue weighted by molar-refractivity contribution is 7.98. The number of carbonyl (C=O) groups excluding carboxylic acids is 1. The van der Waals surface area contributed by atoms with Crippen LogP contribution in [0.4, 0.5) is 8.78 Å². The first-order chi connectivity index (χ1) is 13.0. The van der Waals surface area contributed by atoms with Gasteiger partial charge >= 0.3 is 0 Å². The van der Waals surface area contributed by atoms with Gasteiger partial charge in [-0.05, 0) is 64.9 Å². The Kier molecular flexibility index (Phi) is 6.14. The average Bonchev–Trinajstić information content (AvgIpc) is 2.68.